The molecule has 568 valence electrons. The fourth-order valence-corrected chi connectivity index (χ4v) is 9.83. The third kappa shape index (κ3) is 42.6. The third-order valence-electron chi connectivity index (χ3n) is 14.2. The van der Waals surface area contributed by atoms with Gasteiger partial charge in [0, 0.05) is 98.8 Å². The highest BCUT2D eigenvalue weighted by Crippen LogP contribution is 2.36. The number of phenolic OH excluding ortho intramolecular Hbond substituents is 1. The number of urea groups is 4. The molecule has 7 rings (SSSR count). The SMILES string of the molecule is CC(C)NC(=O)N[C@H](C)c1ccc(Cl)c(C(F)(F)F)c1.CC(C)NC(=O)N[C@H](C)c1ccc(Cl)c(O)c1.CC(C)NC(=O)N[C@H](C)c1ccc(Cl)nc1.CC(C)NC1CC(N)C1.CC(C)NC1CCOCC1.CC(C)NCc1cccnc1.COc1cc([C@@H](C)NC(=O)NC(C)C)ccc1Cl. The van der Waals surface area contributed by atoms with E-state index in [1.54, 1.807) is 70.6 Å². The van der Waals surface area contributed by atoms with Crippen LogP contribution in [0.15, 0.2) is 97.5 Å². The summed E-state index contributed by atoms with van der Waals surface area (Å²) in [6.07, 6.45) is 5.50. The second kappa shape index (κ2) is 49.1. The van der Waals surface area contributed by atoms with Crippen LogP contribution in [0.25, 0.3) is 0 Å². The summed E-state index contributed by atoms with van der Waals surface area (Å²) in [4.78, 5) is 54.0. The average Bonchev–Trinajstić information content (AvgIpc) is 0.823. The zero-order chi connectivity index (χ0) is 76.7. The van der Waals surface area contributed by atoms with Gasteiger partial charge in [0.05, 0.1) is 51.9 Å². The first kappa shape index (κ1) is 92.4. The summed E-state index contributed by atoms with van der Waals surface area (Å²) < 4.78 is 48.6. The van der Waals surface area contributed by atoms with Crippen molar-refractivity contribution in [3.05, 3.63) is 151 Å². The molecule has 101 heavy (non-hydrogen) atoms. The number of pyridine rings is 2. The van der Waals surface area contributed by atoms with Gasteiger partial charge in [0.15, 0.2) is 0 Å². The van der Waals surface area contributed by atoms with Gasteiger partial charge in [-0.15, -0.1) is 0 Å². The van der Waals surface area contributed by atoms with E-state index in [2.05, 4.69) is 116 Å². The number of hydrogen-bond donors (Lipinski definition) is 13. The number of rotatable bonds is 20. The Labute approximate surface area is 618 Å². The summed E-state index contributed by atoms with van der Waals surface area (Å²) >= 11 is 22.9. The molecule has 2 aliphatic rings. The molecule has 0 radical (unpaired) electrons. The zero-order valence-corrected chi connectivity index (χ0v) is 65.3. The number of halogens is 7. The van der Waals surface area contributed by atoms with Gasteiger partial charge in [-0.25, -0.2) is 24.2 Å². The molecule has 2 aromatic heterocycles. The molecular formula is C73H115Cl4F3N14O7. The quantitative estimate of drug-likeness (QED) is 0.0323. The normalized spacial score (nSPS) is 15.2. The molecule has 3 heterocycles. The summed E-state index contributed by atoms with van der Waals surface area (Å²) in [5, 5.41) is 42.5. The lowest BCUT2D eigenvalue weighted by Gasteiger charge is -2.34. The molecule has 14 N–H and O–H groups in total. The van der Waals surface area contributed by atoms with Crippen molar-refractivity contribution >= 4 is 70.5 Å². The lowest BCUT2D eigenvalue weighted by atomic mass is 9.87. The minimum Gasteiger partial charge on any atom is -0.506 e. The predicted molar refractivity (Wildman–Crippen MR) is 405 cm³/mol. The number of benzene rings is 3. The molecule has 5 aromatic rings. The van der Waals surface area contributed by atoms with E-state index in [4.69, 9.17) is 61.6 Å². The van der Waals surface area contributed by atoms with Crippen LogP contribution in [0, 0.1) is 0 Å². The number of ether oxygens (including phenoxy) is 2. The van der Waals surface area contributed by atoms with Crippen molar-refractivity contribution in [2.75, 3.05) is 20.3 Å². The van der Waals surface area contributed by atoms with Crippen molar-refractivity contribution in [1.29, 1.82) is 0 Å². The van der Waals surface area contributed by atoms with Crippen molar-refractivity contribution in [3.63, 3.8) is 0 Å². The van der Waals surface area contributed by atoms with Crippen molar-refractivity contribution < 1.29 is 46.9 Å². The third-order valence-corrected chi connectivity index (χ3v) is 15.4. The number of nitrogens with one attached hydrogen (secondary N) is 11. The monoisotopic (exact) mass is 1500 g/mol. The Morgan fingerprint density at radius 2 is 0.950 bits per heavy atom. The maximum absolute atomic E-state index is 12.7. The summed E-state index contributed by atoms with van der Waals surface area (Å²) in [7, 11) is 1.56. The fraction of sp³-hybridized carbons (Fsp3) is 0.562. The van der Waals surface area contributed by atoms with Crippen LogP contribution in [0.1, 0.15) is 208 Å². The van der Waals surface area contributed by atoms with Gasteiger partial charge >= 0.3 is 30.3 Å². The maximum Gasteiger partial charge on any atom is 0.417 e. The number of phenols is 1. The Balaban J connectivity index is 0.000000598. The molecule has 0 bridgehead atoms. The number of nitrogens with zero attached hydrogens (tertiary/aromatic N) is 2. The summed E-state index contributed by atoms with van der Waals surface area (Å²) in [5.74, 6) is 0.620. The van der Waals surface area contributed by atoms with Gasteiger partial charge in [-0.05, 0) is 185 Å². The molecule has 4 atom stereocenters. The Hall–Kier alpha value is -6.61. The number of carbonyl (C=O) groups excluding carboxylic acids is 4. The highest BCUT2D eigenvalue weighted by molar-refractivity contribution is 6.32. The molecule has 1 saturated carbocycles. The van der Waals surface area contributed by atoms with Crippen molar-refractivity contribution in [1.82, 2.24) is 68.5 Å². The van der Waals surface area contributed by atoms with Crippen molar-refractivity contribution in [2.45, 2.75) is 248 Å². The van der Waals surface area contributed by atoms with Gasteiger partial charge < -0.3 is 78.8 Å². The maximum atomic E-state index is 12.7. The summed E-state index contributed by atoms with van der Waals surface area (Å²) in [6.45, 7) is 38.0. The number of aromatic nitrogens is 2. The van der Waals surface area contributed by atoms with E-state index >= 15 is 0 Å². The molecule has 2 fully saturated rings. The smallest absolute Gasteiger partial charge is 0.417 e. The minimum absolute atomic E-state index is 0.0158. The first-order valence-electron chi connectivity index (χ1n) is 34.2. The molecule has 0 spiro atoms. The summed E-state index contributed by atoms with van der Waals surface area (Å²) in [6, 6.07) is 23.4. The summed E-state index contributed by atoms with van der Waals surface area (Å²) in [5.41, 5.74) is 8.92. The lowest BCUT2D eigenvalue weighted by molar-refractivity contribution is -0.137. The van der Waals surface area contributed by atoms with Gasteiger partial charge in [0.25, 0.3) is 0 Å². The van der Waals surface area contributed by atoms with Crippen LogP contribution in [-0.4, -0.2) is 120 Å². The Morgan fingerprint density at radius 1 is 0.535 bits per heavy atom. The van der Waals surface area contributed by atoms with E-state index in [0.717, 1.165) is 55.4 Å². The standard InChI is InChI=1S/C13H16ClF3N2O.C13H19ClN2O2.C12H17ClN2O2.C11H16ClN3O.C9H14N2.C8H17NO.C7H16N2/c1-7(2)18-12(20)19-8(3)9-4-5-11(14)10(6-9)13(15,16)17;1-8(2)15-13(17)16-9(3)10-5-6-11(14)12(7-10)18-4;1-7(2)14-12(17)15-8(3)9-4-5-10(13)11(16)6-9;1-7(2)14-11(16)15-8(3)9-4-5-10(12)13-6-9;1-8(2)11-7-9-4-3-5-10-6-9;1-7(2)9-8-3-5-10-6-4-8;1-5(2)9-7-3-6(8)4-7/h4-8H,1-3H3,(H2,18,19,20);5-9H,1-4H3,(H2,15,16,17);4-8,16H,1-3H3,(H2,14,15,17);4-8H,1-3H3,(H2,14,15,16);3-6,8,11H,7H2,1-2H3;7-9H,3-6H2,1-2H3;5-7,9H,3-4,8H2,1-2H3/t8-;9-;2*8-;;;/m1111.../s1. The Morgan fingerprint density at radius 3 is 1.33 bits per heavy atom. The topological polar surface area (TPSA) is 291 Å². The van der Waals surface area contributed by atoms with Gasteiger partial charge in [-0.2, -0.15) is 13.2 Å². The van der Waals surface area contributed by atoms with Gasteiger partial charge in [-0.1, -0.05) is 118 Å². The van der Waals surface area contributed by atoms with E-state index in [0.29, 0.717) is 62.8 Å². The van der Waals surface area contributed by atoms with E-state index in [-0.39, 0.29) is 71.2 Å². The first-order chi connectivity index (χ1) is 47.2. The van der Waals surface area contributed by atoms with Crippen LogP contribution in [-0.2, 0) is 17.5 Å². The molecular weight excluding hydrogens is 1380 g/mol. The molecule has 1 saturated heterocycles. The van der Waals surface area contributed by atoms with Crippen molar-refractivity contribution in [3.8, 4) is 11.5 Å². The second-order valence-electron chi connectivity index (χ2n) is 26.6. The number of carbonyl (C=O) groups is 4. The number of methoxy groups -OCH3 is 1. The van der Waals surface area contributed by atoms with E-state index in [1.807, 2.05) is 92.8 Å². The number of amides is 8. The molecule has 1 aliphatic carbocycles. The van der Waals surface area contributed by atoms with Crippen LogP contribution in [0.3, 0.4) is 0 Å². The molecule has 0 unspecified atom stereocenters. The highest BCUT2D eigenvalue weighted by atomic mass is 35.5. The number of alkyl halides is 3. The predicted octanol–water partition coefficient (Wildman–Crippen LogP) is 15.8. The van der Waals surface area contributed by atoms with Crippen LogP contribution in [0.2, 0.25) is 20.2 Å². The van der Waals surface area contributed by atoms with Gasteiger partial charge in [0.2, 0.25) is 0 Å². The molecule has 21 nitrogen and oxygen atoms in total. The van der Waals surface area contributed by atoms with E-state index in [9.17, 15) is 37.5 Å². The average molecular weight is 1500 g/mol. The molecule has 28 heteroatoms. The Bertz CT molecular complexity index is 3150. The Kier molecular flexibility index (Phi) is 44.9. The highest BCUT2D eigenvalue weighted by Gasteiger charge is 2.34. The zero-order valence-electron chi connectivity index (χ0n) is 62.3. The van der Waals surface area contributed by atoms with E-state index < -0.39 is 23.8 Å². The molecule has 1 aliphatic heterocycles. The number of aromatic hydroxyl groups is 1. The van der Waals surface area contributed by atoms with Crippen LogP contribution < -0.4 is 69.0 Å². The second-order valence-corrected chi connectivity index (χ2v) is 28.2. The molecule has 8 amide bonds. The number of hydrogen-bond acceptors (Lipinski definition) is 13. The fourth-order valence-electron chi connectivity index (χ4n) is 9.18. The van der Waals surface area contributed by atoms with Crippen LogP contribution in [0.5, 0.6) is 11.5 Å². The van der Waals surface area contributed by atoms with Gasteiger partial charge in [0.1, 0.15) is 16.7 Å². The lowest BCUT2D eigenvalue weighted by Crippen LogP contribution is -2.50. The van der Waals surface area contributed by atoms with E-state index in [1.165, 1.54) is 30.5 Å². The van der Waals surface area contributed by atoms with Crippen LogP contribution >= 0.6 is 46.4 Å². The van der Waals surface area contributed by atoms with Gasteiger partial charge in [-0.3, -0.25) is 4.98 Å². The number of nitrogens with two attached hydrogens (primary N) is 1. The first-order valence-corrected chi connectivity index (χ1v) is 35.8. The largest absolute Gasteiger partial charge is 0.506 e. The minimum atomic E-state index is -4.52. The van der Waals surface area contributed by atoms with Crippen molar-refractivity contribution in [2.24, 2.45) is 5.73 Å². The molecule has 3 aromatic carbocycles. The van der Waals surface area contributed by atoms with Crippen LogP contribution in [0.4, 0.5) is 32.3 Å².